The summed E-state index contributed by atoms with van der Waals surface area (Å²) in [4.78, 5) is 13.9. The number of carbonyl (C=O) groups excluding carboxylic acids is 1. The number of hydrogen-bond acceptors (Lipinski definition) is 2. The zero-order valence-corrected chi connectivity index (χ0v) is 10.7. The quantitative estimate of drug-likeness (QED) is 0.852. The fourth-order valence-corrected chi connectivity index (χ4v) is 2.88. The Morgan fingerprint density at radius 1 is 1.37 bits per heavy atom. The second kappa shape index (κ2) is 5.17. The van der Waals surface area contributed by atoms with Crippen molar-refractivity contribution in [2.24, 2.45) is 0 Å². The number of nitrogens with one attached hydrogen (secondary N) is 2. The highest BCUT2D eigenvalue weighted by Gasteiger charge is 2.34. The molecule has 2 heterocycles. The summed E-state index contributed by atoms with van der Waals surface area (Å²) in [7, 11) is 0. The lowest BCUT2D eigenvalue weighted by molar-refractivity contribution is 0.184. The summed E-state index contributed by atoms with van der Waals surface area (Å²) < 4.78 is 13.2. The largest absolute Gasteiger partial charge is 0.329 e. The Balaban J connectivity index is 1.72. The van der Waals surface area contributed by atoms with Crippen molar-refractivity contribution < 1.29 is 9.18 Å². The molecule has 1 aromatic carbocycles. The van der Waals surface area contributed by atoms with Crippen LogP contribution in [0.5, 0.6) is 0 Å². The summed E-state index contributed by atoms with van der Waals surface area (Å²) >= 11 is 0. The van der Waals surface area contributed by atoms with E-state index in [4.69, 9.17) is 0 Å². The second-order valence-electron chi connectivity index (χ2n) is 5.21. The van der Waals surface area contributed by atoms with E-state index in [0.717, 1.165) is 31.5 Å². The molecular formula is C14H18FN3O. The van der Waals surface area contributed by atoms with Crippen LogP contribution >= 0.6 is 0 Å². The molecule has 2 atom stereocenters. The highest BCUT2D eigenvalue weighted by molar-refractivity contribution is 5.77. The maximum Gasteiger partial charge on any atom is 0.318 e. The van der Waals surface area contributed by atoms with Gasteiger partial charge in [-0.1, -0.05) is 12.1 Å². The second-order valence-corrected chi connectivity index (χ2v) is 5.21. The van der Waals surface area contributed by atoms with Gasteiger partial charge in [-0.2, -0.15) is 0 Å². The van der Waals surface area contributed by atoms with Crippen LogP contribution in [0.25, 0.3) is 0 Å². The minimum Gasteiger partial charge on any atom is -0.329 e. The van der Waals surface area contributed by atoms with Crippen molar-refractivity contribution in [3.63, 3.8) is 0 Å². The van der Waals surface area contributed by atoms with Crippen molar-refractivity contribution in [1.29, 1.82) is 0 Å². The standard InChI is InChI=1S/C14H18FN3O/c15-11-4-1-3-10(7-11)13-9-18(14(19)17-13)12-5-2-6-16-8-12/h1,3-4,7,12-13,16H,2,5-6,8-9H2,(H,17,19). The molecule has 0 spiro atoms. The molecule has 0 saturated carbocycles. The summed E-state index contributed by atoms with van der Waals surface area (Å²) in [5.74, 6) is -0.260. The first-order chi connectivity index (χ1) is 9.24. The van der Waals surface area contributed by atoms with Gasteiger partial charge < -0.3 is 15.5 Å². The van der Waals surface area contributed by atoms with Crippen LogP contribution in [0.4, 0.5) is 9.18 Å². The van der Waals surface area contributed by atoms with Crippen molar-refractivity contribution in [3.05, 3.63) is 35.6 Å². The predicted octanol–water partition coefficient (Wildman–Crippen LogP) is 1.64. The number of nitrogens with zero attached hydrogens (tertiary/aromatic N) is 1. The van der Waals surface area contributed by atoms with Gasteiger partial charge in [0, 0.05) is 19.1 Å². The van der Waals surface area contributed by atoms with E-state index >= 15 is 0 Å². The number of urea groups is 1. The molecule has 0 radical (unpaired) electrons. The zero-order valence-electron chi connectivity index (χ0n) is 10.7. The molecule has 2 N–H and O–H groups in total. The summed E-state index contributed by atoms with van der Waals surface area (Å²) in [6.45, 7) is 2.50. The van der Waals surface area contributed by atoms with Crippen LogP contribution in [0, 0.1) is 5.82 Å². The van der Waals surface area contributed by atoms with Crippen LogP contribution in [0.2, 0.25) is 0 Å². The van der Waals surface area contributed by atoms with Crippen molar-refractivity contribution in [1.82, 2.24) is 15.5 Å². The Labute approximate surface area is 112 Å². The monoisotopic (exact) mass is 263 g/mol. The molecule has 0 aliphatic carbocycles. The van der Waals surface area contributed by atoms with E-state index in [1.54, 1.807) is 6.07 Å². The van der Waals surface area contributed by atoms with Crippen LogP contribution in [0.15, 0.2) is 24.3 Å². The van der Waals surface area contributed by atoms with E-state index < -0.39 is 0 Å². The van der Waals surface area contributed by atoms with Gasteiger partial charge in [0.05, 0.1) is 6.04 Å². The maximum atomic E-state index is 13.2. The van der Waals surface area contributed by atoms with E-state index in [0.29, 0.717) is 6.54 Å². The van der Waals surface area contributed by atoms with E-state index in [1.165, 1.54) is 12.1 Å². The Kier molecular flexibility index (Phi) is 3.38. The number of benzene rings is 1. The predicted molar refractivity (Wildman–Crippen MR) is 70.3 cm³/mol. The molecule has 4 nitrogen and oxygen atoms in total. The van der Waals surface area contributed by atoms with E-state index in [2.05, 4.69) is 10.6 Å². The average molecular weight is 263 g/mol. The first kappa shape index (κ1) is 12.4. The Morgan fingerprint density at radius 3 is 3.00 bits per heavy atom. The topological polar surface area (TPSA) is 44.4 Å². The smallest absolute Gasteiger partial charge is 0.318 e. The lowest BCUT2D eigenvalue weighted by Gasteiger charge is -2.30. The molecule has 19 heavy (non-hydrogen) atoms. The molecule has 1 aromatic rings. The van der Waals surface area contributed by atoms with Gasteiger partial charge in [0.25, 0.3) is 0 Å². The molecule has 5 heteroatoms. The normalized spacial score (nSPS) is 27.4. The van der Waals surface area contributed by atoms with Gasteiger partial charge in [-0.05, 0) is 37.1 Å². The first-order valence-electron chi connectivity index (χ1n) is 6.77. The fourth-order valence-electron chi connectivity index (χ4n) is 2.88. The number of carbonyl (C=O) groups is 1. The third-order valence-corrected chi connectivity index (χ3v) is 3.90. The number of piperidine rings is 1. The first-order valence-corrected chi connectivity index (χ1v) is 6.77. The van der Waals surface area contributed by atoms with Crippen molar-refractivity contribution in [3.8, 4) is 0 Å². The Bertz CT molecular complexity index is 474. The van der Waals surface area contributed by atoms with Gasteiger partial charge in [0.15, 0.2) is 0 Å². The Morgan fingerprint density at radius 2 is 2.26 bits per heavy atom. The van der Waals surface area contributed by atoms with Crippen LogP contribution in [0.1, 0.15) is 24.4 Å². The minimum absolute atomic E-state index is 0.0389. The lowest BCUT2D eigenvalue weighted by Crippen LogP contribution is -2.47. The third-order valence-electron chi connectivity index (χ3n) is 3.90. The molecule has 0 aromatic heterocycles. The van der Waals surface area contributed by atoms with Crippen LogP contribution in [-0.4, -0.2) is 36.6 Å². The van der Waals surface area contributed by atoms with Crippen molar-refractivity contribution in [2.75, 3.05) is 19.6 Å². The molecule has 2 aliphatic rings. The molecule has 2 fully saturated rings. The molecule has 2 amide bonds. The lowest BCUT2D eigenvalue weighted by atomic mass is 10.0. The molecule has 2 saturated heterocycles. The van der Waals surface area contributed by atoms with E-state index in [-0.39, 0.29) is 23.9 Å². The summed E-state index contributed by atoms with van der Waals surface area (Å²) in [6, 6.07) is 6.56. The summed E-state index contributed by atoms with van der Waals surface area (Å²) in [5.41, 5.74) is 0.833. The van der Waals surface area contributed by atoms with E-state index in [9.17, 15) is 9.18 Å². The molecule has 0 bridgehead atoms. The number of rotatable bonds is 2. The maximum absolute atomic E-state index is 13.2. The van der Waals surface area contributed by atoms with Crippen LogP contribution < -0.4 is 10.6 Å². The number of halogens is 1. The van der Waals surface area contributed by atoms with E-state index in [1.807, 2.05) is 11.0 Å². The molecule has 2 unspecified atom stereocenters. The fraction of sp³-hybridized carbons (Fsp3) is 0.500. The molecule has 2 aliphatic heterocycles. The highest BCUT2D eigenvalue weighted by atomic mass is 19.1. The summed E-state index contributed by atoms with van der Waals surface area (Å²) in [5, 5.41) is 6.25. The van der Waals surface area contributed by atoms with Crippen LogP contribution in [0.3, 0.4) is 0 Å². The zero-order chi connectivity index (χ0) is 13.2. The van der Waals surface area contributed by atoms with Crippen LogP contribution in [-0.2, 0) is 0 Å². The van der Waals surface area contributed by atoms with Gasteiger partial charge in [-0.25, -0.2) is 9.18 Å². The minimum atomic E-state index is -0.260. The SMILES string of the molecule is O=C1NC(c2cccc(F)c2)CN1C1CCCNC1. The molecular weight excluding hydrogens is 245 g/mol. The van der Waals surface area contributed by atoms with Crippen molar-refractivity contribution >= 4 is 6.03 Å². The number of amides is 2. The number of hydrogen-bond donors (Lipinski definition) is 2. The van der Waals surface area contributed by atoms with Gasteiger partial charge in [0.1, 0.15) is 5.82 Å². The van der Waals surface area contributed by atoms with Gasteiger partial charge in [0.2, 0.25) is 0 Å². The highest BCUT2D eigenvalue weighted by Crippen LogP contribution is 2.24. The van der Waals surface area contributed by atoms with Crippen molar-refractivity contribution in [2.45, 2.75) is 24.9 Å². The van der Waals surface area contributed by atoms with Gasteiger partial charge in [-0.3, -0.25) is 0 Å². The molecule has 3 rings (SSSR count). The molecule has 102 valence electrons. The third kappa shape index (κ3) is 2.56. The average Bonchev–Trinajstić information content (AvgIpc) is 2.82. The Hall–Kier alpha value is -1.62. The summed E-state index contributed by atoms with van der Waals surface area (Å²) in [6.07, 6.45) is 2.13. The van der Waals surface area contributed by atoms with Gasteiger partial charge >= 0.3 is 6.03 Å². The van der Waals surface area contributed by atoms with Gasteiger partial charge in [-0.15, -0.1) is 0 Å².